The minimum atomic E-state index is -0.191. The van der Waals surface area contributed by atoms with Gasteiger partial charge in [-0.15, -0.1) is 0 Å². The summed E-state index contributed by atoms with van der Waals surface area (Å²) in [5, 5.41) is 2.23. The van der Waals surface area contributed by atoms with Crippen molar-refractivity contribution in [2.45, 2.75) is 6.92 Å². The Labute approximate surface area is 146 Å². The summed E-state index contributed by atoms with van der Waals surface area (Å²) >= 11 is 0. The number of amides is 1. The number of rotatable bonds is 3. The van der Waals surface area contributed by atoms with E-state index in [1.54, 1.807) is 17.0 Å². The summed E-state index contributed by atoms with van der Waals surface area (Å²) < 4.78 is 5.34. The summed E-state index contributed by atoms with van der Waals surface area (Å²) in [5.41, 5.74) is 2.76. The summed E-state index contributed by atoms with van der Waals surface area (Å²) in [6.45, 7) is 2.03. The van der Waals surface area contributed by atoms with Crippen LogP contribution >= 0.6 is 0 Å². The van der Waals surface area contributed by atoms with Crippen LogP contribution in [0.5, 0.6) is 0 Å². The van der Waals surface area contributed by atoms with E-state index in [-0.39, 0.29) is 5.91 Å². The second-order valence-electron chi connectivity index (χ2n) is 5.98. The number of hydrogen-bond acceptors (Lipinski definition) is 2. The lowest BCUT2D eigenvalue weighted by Crippen LogP contribution is -2.25. The first kappa shape index (κ1) is 15.2. The lowest BCUT2D eigenvalue weighted by Gasteiger charge is -2.22. The number of carbonyl (C=O) groups is 1. The number of nitrogens with zero attached hydrogens (tertiary/aromatic N) is 1. The average molecular weight is 327 g/mol. The van der Waals surface area contributed by atoms with Crippen LogP contribution in [0.1, 0.15) is 16.1 Å². The number of furan rings is 1. The predicted octanol–water partition coefficient (Wildman–Crippen LogP) is 5.72. The molecule has 0 aliphatic heterocycles. The molecule has 0 N–H and O–H groups in total. The molecule has 0 saturated heterocycles. The molecule has 1 amide bonds. The number of fused-ring (bicyclic) bond motifs is 1. The Morgan fingerprint density at radius 3 is 2.24 bits per heavy atom. The van der Waals surface area contributed by atoms with Gasteiger partial charge in [-0.25, -0.2) is 0 Å². The Balaban J connectivity index is 1.86. The molecule has 4 rings (SSSR count). The maximum absolute atomic E-state index is 13.1. The van der Waals surface area contributed by atoms with Gasteiger partial charge >= 0.3 is 0 Å². The molecule has 25 heavy (non-hydrogen) atoms. The van der Waals surface area contributed by atoms with Crippen molar-refractivity contribution in [2.75, 3.05) is 4.90 Å². The zero-order valence-corrected chi connectivity index (χ0v) is 13.8. The summed E-state index contributed by atoms with van der Waals surface area (Å²) in [5.74, 6) is 0.123. The Bertz CT molecular complexity index is 1020. The third kappa shape index (κ3) is 2.92. The highest BCUT2D eigenvalue weighted by Gasteiger charge is 2.22. The van der Waals surface area contributed by atoms with Crippen LogP contribution in [0, 0.1) is 6.92 Å². The van der Waals surface area contributed by atoms with Gasteiger partial charge in [0.1, 0.15) is 0 Å². The number of benzene rings is 3. The van der Waals surface area contributed by atoms with Crippen molar-refractivity contribution in [3.05, 3.63) is 96.4 Å². The highest BCUT2D eigenvalue weighted by atomic mass is 16.3. The lowest BCUT2D eigenvalue weighted by atomic mass is 10.1. The van der Waals surface area contributed by atoms with E-state index in [0.717, 1.165) is 27.7 Å². The van der Waals surface area contributed by atoms with Gasteiger partial charge in [0.05, 0.1) is 6.26 Å². The summed E-state index contributed by atoms with van der Waals surface area (Å²) in [6, 6.07) is 25.4. The van der Waals surface area contributed by atoms with Crippen molar-refractivity contribution in [3.8, 4) is 0 Å². The quantitative estimate of drug-likeness (QED) is 0.482. The molecule has 0 aliphatic rings. The molecule has 3 aromatic carbocycles. The van der Waals surface area contributed by atoms with E-state index in [9.17, 15) is 4.79 Å². The summed E-state index contributed by atoms with van der Waals surface area (Å²) in [6.07, 6.45) is 1.51. The Kier molecular flexibility index (Phi) is 3.82. The first-order valence-corrected chi connectivity index (χ1v) is 8.16. The smallest absolute Gasteiger partial charge is 0.298 e. The van der Waals surface area contributed by atoms with Gasteiger partial charge < -0.3 is 4.42 Å². The molecule has 3 heteroatoms. The van der Waals surface area contributed by atoms with E-state index < -0.39 is 0 Å². The molecule has 0 atom stereocenters. The van der Waals surface area contributed by atoms with Crippen molar-refractivity contribution in [2.24, 2.45) is 0 Å². The van der Waals surface area contributed by atoms with Gasteiger partial charge in [0.2, 0.25) is 0 Å². The van der Waals surface area contributed by atoms with E-state index in [0.29, 0.717) is 5.76 Å². The van der Waals surface area contributed by atoms with Crippen LogP contribution in [0.2, 0.25) is 0 Å². The molecular weight excluding hydrogens is 310 g/mol. The molecule has 122 valence electrons. The first-order valence-electron chi connectivity index (χ1n) is 8.16. The van der Waals surface area contributed by atoms with E-state index in [1.165, 1.54) is 6.26 Å². The minimum Gasteiger partial charge on any atom is -0.459 e. The second-order valence-corrected chi connectivity index (χ2v) is 5.98. The monoisotopic (exact) mass is 327 g/mol. The van der Waals surface area contributed by atoms with Crippen molar-refractivity contribution in [3.63, 3.8) is 0 Å². The van der Waals surface area contributed by atoms with E-state index in [2.05, 4.69) is 6.07 Å². The topological polar surface area (TPSA) is 33.5 Å². The van der Waals surface area contributed by atoms with Gasteiger partial charge in [-0.2, -0.15) is 0 Å². The van der Waals surface area contributed by atoms with E-state index in [4.69, 9.17) is 4.42 Å². The van der Waals surface area contributed by atoms with Gasteiger partial charge in [-0.3, -0.25) is 9.69 Å². The zero-order valence-electron chi connectivity index (χ0n) is 13.8. The molecule has 1 aromatic heterocycles. The van der Waals surface area contributed by atoms with Gasteiger partial charge in [0.25, 0.3) is 5.91 Å². The highest BCUT2D eigenvalue weighted by Crippen LogP contribution is 2.30. The summed E-state index contributed by atoms with van der Waals surface area (Å²) in [7, 11) is 0. The maximum Gasteiger partial charge on any atom is 0.298 e. The van der Waals surface area contributed by atoms with Crippen molar-refractivity contribution < 1.29 is 9.21 Å². The fourth-order valence-electron chi connectivity index (χ4n) is 2.90. The standard InChI is InChI=1S/C22H17NO2/c1-16-8-11-19(12-9-16)23(22(24)21-7-4-14-25-21)20-13-10-17-5-2-3-6-18(17)15-20/h2-15H,1H3. The normalized spacial score (nSPS) is 10.8. The third-order valence-electron chi connectivity index (χ3n) is 4.22. The van der Waals surface area contributed by atoms with Crippen LogP contribution < -0.4 is 4.90 Å². The Morgan fingerprint density at radius 1 is 0.800 bits per heavy atom. The van der Waals surface area contributed by atoms with Crippen LogP contribution in [-0.2, 0) is 0 Å². The zero-order chi connectivity index (χ0) is 17.2. The van der Waals surface area contributed by atoms with E-state index >= 15 is 0 Å². The summed E-state index contributed by atoms with van der Waals surface area (Å²) in [4.78, 5) is 14.7. The molecule has 0 unspecified atom stereocenters. The molecule has 0 radical (unpaired) electrons. The van der Waals surface area contributed by atoms with Gasteiger partial charge in [-0.05, 0) is 54.1 Å². The molecular formula is C22H17NO2. The number of aryl methyl sites for hydroxylation is 1. The molecule has 3 nitrogen and oxygen atoms in total. The number of carbonyl (C=O) groups excluding carboxylic acids is 1. The van der Waals surface area contributed by atoms with Crippen molar-refractivity contribution in [1.29, 1.82) is 0 Å². The fourth-order valence-corrected chi connectivity index (χ4v) is 2.90. The van der Waals surface area contributed by atoms with E-state index in [1.807, 2.05) is 67.6 Å². The highest BCUT2D eigenvalue weighted by molar-refractivity contribution is 6.10. The third-order valence-corrected chi connectivity index (χ3v) is 4.22. The first-order chi connectivity index (χ1) is 12.2. The lowest BCUT2D eigenvalue weighted by molar-refractivity contribution is 0.0973. The van der Waals surface area contributed by atoms with Crippen LogP contribution in [0.15, 0.2) is 89.5 Å². The molecule has 0 aliphatic carbocycles. The second kappa shape index (κ2) is 6.29. The van der Waals surface area contributed by atoms with Crippen LogP contribution in [0.3, 0.4) is 0 Å². The Morgan fingerprint density at radius 2 is 1.52 bits per heavy atom. The molecule has 1 heterocycles. The molecule has 0 spiro atoms. The molecule has 0 fully saturated rings. The predicted molar refractivity (Wildman–Crippen MR) is 100 cm³/mol. The van der Waals surface area contributed by atoms with Crippen LogP contribution in [0.25, 0.3) is 10.8 Å². The minimum absolute atomic E-state index is 0.191. The van der Waals surface area contributed by atoms with Crippen LogP contribution in [-0.4, -0.2) is 5.91 Å². The number of anilines is 2. The molecule has 0 saturated carbocycles. The molecule has 0 bridgehead atoms. The number of hydrogen-bond donors (Lipinski definition) is 0. The molecule has 4 aromatic rings. The van der Waals surface area contributed by atoms with Gasteiger partial charge in [0, 0.05) is 11.4 Å². The SMILES string of the molecule is Cc1ccc(N(C(=O)c2ccco2)c2ccc3ccccc3c2)cc1. The van der Waals surface area contributed by atoms with Gasteiger partial charge in [0.15, 0.2) is 5.76 Å². The van der Waals surface area contributed by atoms with Gasteiger partial charge in [-0.1, -0.05) is 48.0 Å². The fraction of sp³-hybridized carbons (Fsp3) is 0.0455. The van der Waals surface area contributed by atoms with Crippen molar-refractivity contribution >= 4 is 28.1 Å². The van der Waals surface area contributed by atoms with Crippen molar-refractivity contribution in [1.82, 2.24) is 0 Å². The maximum atomic E-state index is 13.1. The average Bonchev–Trinajstić information content (AvgIpc) is 3.18. The largest absolute Gasteiger partial charge is 0.459 e. The van der Waals surface area contributed by atoms with Crippen LogP contribution in [0.4, 0.5) is 11.4 Å². The Hall–Kier alpha value is -3.33.